The number of hydrogen-bond acceptors (Lipinski definition) is 5. The zero-order valence-electron chi connectivity index (χ0n) is 12.2. The van der Waals surface area contributed by atoms with Crippen LogP contribution in [0.4, 0.5) is 0 Å². The minimum absolute atomic E-state index is 0.111. The van der Waals surface area contributed by atoms with Gasteiger partial charge in [0.25, 0.3) is 5.91 Å². The number of hydrogen-bond donors (Lipinski definition) is 3. The number of carbonyl (C=O) groups is 1. The molecule has 22 heavy (non-hydrogen) atoms. The number of aryl methyl sites for hydroxylation is 1. The molecule has 2 aromatic heterocycles. The van der Waals surface area contributed by atoms with Crippen molar-refractivity contribution in [2.45, 2.75) is 18.5 Å². The second kappa shape index (κ2) is 6.50. The summed E-state index contributed by atoms with van der Waals surface area (Å²) in [5.41, 5.74) is 10.7. The molecule has 3 heterocycles. The van der Waals surface area contributed by atoms with Crippen molar-refractivity contribution < 1.29 is 4.79 Å². The van der Waals surface area contributed by atoms with Gasteiger partial charge in [-0.3, -0.25) is 9.78 Å². The number of carbonyl (C=O) groups excluding carboxylic acids is 1. The van der Waals surface area contributed by atoms with Crippen LogP contribution in [0.3, 0.4) is 0 Å². The first-order chi connectivity index (χ1) is 10.7. The molecule has 1 saturated heterocycles. The maximum absolute atomic E-state index is 12.1. The average molecular weight is 298 g/mol. The zero-order valence-corrected chi connectivity index (χ0v) is 12.2. The van der Waals surface area contributed by atoms with Crippen LogP contribution in [0.15, 0.2) is 48.0 Å². The van der Waals surface area contributed by atoms with E-state index in [9.17, 15) is 4.79 Å². The van der Waals surface area contributed by atoms with E-state index in [1.54, 1.807) is 18.6 Å². The molecule has 7 heteroatoms. The molecule has 0 radical (unpaired) electrons. The molecule has 1 aliphatic rings. The van der Waals surface area contributed by atoms with Gasteiger partial charge in [-0.15, -0.1) is 0 Å². The van der Waals surface area contributed by atoms with Crippen LogP contribution in [0, 0.1) is 0 Å². The van der Waals surface area contributed by atoms with E-state index in [0.717, 1.165) is 11.3 Å². The monoisotopic (exact) mass is 298 g/mol. The smallest absolute Gasteiger partial charge is 0.258 e. The van der Waals surface area contributed by atoms with Gasteiger partial charge in [-0.1, -0.05) is 0 Å². The molecule has 2 aromatic rings. The summed E-state index contributed by atoms with van der Waals surface area (Å²) in [6, 6.07) is 7.46. The maximum Gasteiger partial charge on any atom is 0.258 e. The Balaban J connectivity index is 1.54. The Hall–Kier alpha value is -2.51. The molecule has 2 unspecified atom stereocenters. The highest BCUT2D eigenvalue weighted by Gasteiger charge is 2.30. The number of nitrogens with zero attached hydrogens (tertiary/aromatic N) is 3. The molecular weight excluding hydrogens is 280 g/mol. The summed E-state index contributed by atoms with van der Waals surface area (Å²) in [4.78, 5) is 16.0. The Kier molecular flexibility index (Phi) is 4.27. The topological polar surface area (TPSA) is 83.3 Å². The van der Waals surface area contributed by atoms with Gasteiger partial charge in [0.1, 0.15) is 6.04 Å². The normalized spacial score (nSPS) is 21.3. The SMILES string of the molecule is Cn1cccc1C1CC(C(=O)N/N=C/c2ccncc2)NN1. The van der Waals surface area contributed by atoms with Gasteiger partial charge in [0.2, 0.25) is 0 Å². The number of hydrazone groups is 1. The maximum atomic E-state index is 12.1. The average Bonchev–Trinajstić information content (AvgIpc) is 3.17. The van der Waals surface area contributed by atoms with Crippen molar-refractivity contribution in [2.75, 3.05) is 0 Å². The molecule has 0 aliphatic carbocycles. The number of pyridine rings is 1. The number of amides is 1. The van der Waals surface area contributed by atoms with Crippen molar-refractivity contribution in [3.63, 3.8) is 0 Å². The van der Waals surface area contributed by atoms with Gasteiger partial charge in [-0.2, -0.15) is 5.10 Å². The van der Waals surface area contributed by atoms with E-state index < -0.39 is 0 Å². The molecule has 7 nitrogen and oxygen atoms in total. The lowest BCUT2D eigenvalue weighted by molar-refractivity contribution is -0.122. The van der Waals surface area contributed by atoms with Gasteiger partial charge in [0.05, 0.1) is 12.3 Å². The highest BCUT2D eigenvalue weighted by Crippen LogP contribution is 2.22. The van der Waals surface area contributed by atoms with Gasteiger partial charge < -0.3 is 4.57 Å². The first-order valence-electron chi connectivity index (χ1n) is 7.09. The first-order valence-corrected chi connectivity index (χ1v) is 7.09. The van der Waals surface area contributed by atoms with Gasteiger partial charge in [0, 0.05) is 31.3 Å². The van der Waals surface area contributed by atoms with E-state index in [2.05, 4.69) is 26.4 Å². The van der Waals surface area contributed by atoms with E-state index in [1.807, 2.05) is 42.1 Å². The first kappa shape index (κ1) is 14.4. The van der Waals surface area contributed by atoms with Crippen LogP contribution in [0.5, 0.6) is 0 Å². The van der Waals surface area contributed by atoms with Crippen LogP contribution in [0.1, 0.15) is 23.7 Å². The van der Waals surface area contributed by atoms with E-state index >= 15 is 0 Å². The van der Waals surface area contributed by atoms with E-state index in [-0.39, 0.29) is 18.0 Å². The molecule has 114 valence electrons. The van der Waals surface area contributed by atoms with Gasteiger partial charge in [0.15, 0.2) is 0 Å². The lowest BCUT2D eigenvalue weighted by atomic mass is 10.1. The molecule has 3 N–H and O–H groups in total. The summed E-state index contributed by atoms with van der Waals surface area (Å²) >= 11 is 0. The Morgan fingerprint density at radius 3 is 2.95 bits per heavy atom. The third-order valence-corrected chi connectivity index (χ3v) is 3.66. The Morgan fingerprint density at radius 1 is 1.41 bits per heavy atom. The van der Waals surface area contributed by atoms with E-state index in [0.29, 0.717) is 6.42 Å². The Morgan fingerprint density at radius 2 is 2.23 bits per heavy atom. The van der Waals surface area contributed by atoms with E-state index in [1.165, 1.54) is 0 Å². The summed E-state index contributed by atoms with van der Waals surface area (Å²) in [6.07, 6.45) is 7.61. The summed E-state index contributed by atoms with van der Waals surface area (Å²) in [5.74, 6) is -0.158. The summed E-state index contributed by atoms with van der Waals surface area (Å²) in [5, 5.41) is 3.97. The van der Waals surface area contributed by atoms with Crippen LogP contribution < -0.4 is 16.3 Å². The molecule has 1 aliphatic heterocycles. The van der Waals surface area contributed by atoms with Crippen molar-refractivity contribution in [3.8, 4) is 0 Å². The van der Waals surface area contributed by atoms with Crippen molar-refractivity contribution in [3.05, 3.63) is 54.1 Å². The number of hydrazine groups is 1. The quantitative estimate of drug-likeness (QED) is 0.566. The fraction of sp³-hybridized carbons (Fsp3) is 0.267. The summed E-state index contributed by atoms with van der Waals surface area (Å²) < 4.78 is 2.04. The zero-order chi connectivity index (χ0) is 15.4. The predicted octanol–water partition coefficient (Wildman–Crippen LogP) is 0.478. The fourth-order valence-electron chi connectivity index (χ4n) is 2.46. The fourth-order valence-corrected chi connectivity index (χ4v) is 2.46. The second-order valence-electron chi connectivity index (χ2n) is 5.19. The van der Waals surface area contributed by atoms with Gasteiger partial charge >= 0.3 is 0 Å². The minimum Gasteiger partial charge on any atom is -0.353 e. The van der Waals surface area contributed by atoms with Crippen LogP contribution >= 0.6 is 0 Å². The predicted molar refractivity (Wildman–Crippen MR) is 82.8 cm³/mol. The molecule has 1 amide bonds. The van der Waals surface area contributed by atoms with Crippen molar-refractivity contribution in [1.82, 2.24) is 25.8 Å². The molecule has 0 spiro atoms. The summed E-state index contributed by atoms with van der Waals surface area (Å²) in [7, 11) is 1.99. The van der Waals surface area contributed by atoms with Crippen molar-refractivity contribution in [2.24, 2.45) is 12.1 Å². The molecule has 2 atom stereocenters. The highest BCUT2D eigenvalue weighted by molar-refractivity contribution is 5.85. The molecule has 1 fully saturated rings. The number of nitrogens with one attached hydrogen (secondary N) is 3. The third-order valence-electron chi connectivity index (χ3n) is 3.66. The van der Waals surface area contributed by atoms with Crippen molar-refractivity contribution >= 4 is 12.1 Å². The molecule has 3 rings (SSSR count). The third kappa shape index (κ3) is 3.21. The Labute approximate surface area is 128 Å². The Bertz CT molecular complexity index is 666. The lowest BCUT2D eigenvalue weighted by Crippen LogP contribution is -2.41. The van der Waals surface area contributed by atoms with E-state index in [4.69, 9.17) is 0 Å². The summed E-state index contributed by atoms with van der Waals surface area (Å²) in [6.45, 7) is 0. The number of rotatable bonds is 4. The molecule has 0 aromatic carbocycles. The van der Waals surface area contributed by atoms with Crippen LogP contribution in [-0.2, 0) is 11.8 Å². The number of aromatic nitrogens is 2. The van der Waals surface area contributed by atoms with Crippen LogP contribution in [-0.4, -0.2) is 27.7 Å². The molecular formula is C15H18N6O. The molecule has 0 bridgehead atoms. The lowest BCUT2D eigenvalue weighted by Gasteiger charge is -2.10. The van der Waals surface area contributed by atoms with Crippen molar-refractivity contribution in [1.29, 1.82) is 0 Å². The van der Waals surface area contributed by atoms with Crippen LogP contribution in [0.25, 0.3) is 0 Å². The minimum atomic E-state index is -0.311. The second-order valence-corrected chi connectivity index (χ2v) is 5.19. The van der Waals surface area contributed by atoms with Gasteiger partial charge in [-0.25, -0.2) is 16.3 Å². The highest BCUT2D eigenvalue weighted by atomic mass is 16.2. The van der Waals surface area contributed by atoms with Crippen LogP contribution in [0.2, 0.25) is 0 Å². The molecule has 0 saturated carbocycles. The standard InChI is InChI=1S/C15H18N6O/c1-21-8-2-3-14(21)12-9-13(19-18-12)15(22)20-17-10-11-4-6-16-7-5-11/h2-8,10,12-13,18-19H,9H2,1H3,(H,20,22)/b17-10+. The largest absolute Gasteiger partial charge is 0.353 e. The van der Waals surface area contributed by atoms with Gasteiger partial charge in [-0.05, 0) is 36.2 Å².